The van der Waals surface area contributed by atoms with Crippen LogP contribution in [0.15, 0.2) is 54.6 Å². The van der Waals surface area contributed by atoms with Gasteiger partial charge in [0.2, 0.25) is 0 Å². The van der Waals surface area contributed by atoms with Crippen LogP contribution in [0.4, 0.5) is 4.39 Å². The van der Waals surface area contributed by atoms with Gasteiger partial charge in [-0.15, -0.1) is 11.3 Å². The average Bonchev–Trinajstić information content (AvgIpc) is 3.74. The number of ether oxygens (including phenoxy) is 7. The van der Waals surface area contributed by atoms with Crippen LogP contribution in [0.5, 0.6) is 0 Å². The molecule has 3 aliphatic heterocycles. The summed E-state index contributed by atoms with van der Waals surface area (Å²) in [5.74, 6) is -5.59. The highest BCUT2D eigenvalue weighted by Crippen LogP contribution is 2.56. The Morgan fingerprint density at radius 3 is 1.91 bits per heavy atom. The zero-order chi connectivity index (χ0) is 50.2. The molecule has 374 valence electrons. The van der Waals surface area contributed by atoms with E-state index in [1.54, 1.807) is 65.0 Å². The van der Waals surface area contributed by atoms with Crippen LogP contribution in [-0.2, 0) is 67.6 Å². The van der Waals surface area contributed by atoms with Crippen LogP contribution in [-0.4, -0.2) is 106 Å². The van der Waals surface area contributed by atoms with Gasteiger partial charge in [-0.05, 0) is 53.4 Å². The summed E-state index contributed by atoms with van der Waals surface area (Å²) in [6.45, 7) is 24.0. The molecular formula is C51H69FO14SSi. The van der Waals surface area contributed by atoms with Crippen LogP contribution < -0.4 is 0 Å². The lowest BCUT2D eigenvalue weighted by atomic mass is 9.89. The third-order valence-electron chi connectivity index (χ3n) is 12.6. The van der Waals surface area contributed by atoms with E-state index in [4.69, 9.17) is 42.0 Å². The number of halogens is 1. The Morgan fingerprint density at radius 1 is 0.779 bits per heavy atom. The third-order valence-corrected chi connectivity index (χ3v) is 18.9. The molecule has 0 saturated carbocycles. The minimum Gasteiger partial charge on any atom is -0.467 e. The summed E-state index contributed by atoms with van der Waals surface area (Å²) in [6.07, 6.45) is -13.5. The molecule has 3 fully saturated rings. The molecule has 0 spiro atoms. The van der Waals surface area contributed by atoms with Crippen LogP contribution >= 0.6 is 11.3 Å². The lowest BCUT2D eigenvalue weighted by molar-refractivity contribution is -0.343. The first-order valence-corrected chi connectivity index (χ1v) is 26.0. The van der Waals surface area contributed by atoms with Gasteiger partial charge >= 0.3 is 32.4 Å². The van der Waals surface area contributed by atoms with Crippen molar-refractivity contribution in [1.29, 1.82) is 0 Å². The van der Waals surface area contributed by atoms with E-state index in [0.717, 1.165) is 33.6 Å². The number of aliphatic hydroxyl groups excluding tert-OH is 1. The second kappa shape index (κ2) is 21.1. The molecular weight excluding hydrogens is 916 g/mol. The summed E-state index contributed by atoms with van der Waals surface area (Å²) in [6, 6.07) is 16.3. The number of aliphatic hydroxyl groups is 1. The molecule has 0 aliphatic carbocycles. The molecule has 14 nitrogen and oxygen atoms in total. The number of esters is 4. The van der Waals surface area contributed by atoms with E-state index in [9.17, 15) is 28.7 Å². The number of fused-ring (bicyclic) bond motifs is 1. The Balaban J connectivity index is 1.45. The van der Waals surface area contributed by atoms with E-state index >= 15 is 0 Å². The van der Waals surface area contributed by atoms with Crippen molar-refractivity contribution in [3.05, 3.63) is 82.0 Å². The van der Waals surface area contributed by atoms with Crippen molar-refractivity contribution in [2.45, 2.75) is 168 Å². The highest BCUT2D eigenvalue weighted by molar-refractivity contribution is 7.15. The van der Waals surface area contributed by atoms with Crippen molar-refractivity contribution in [2.75, 3.05) is 13.7 Å². The standard InChI is InChI=1S/C51H69FO14SSi/c1-26(2)45(54)61-41-42(62-46(55)27(3)4)44(63-47(56)28(5)6)49(65-43(41)48(57)58-14)64-40-37(53)38(60-35-25-59-68(50(8,9)10,51(11,12)13)66-39(35)40)31-16-15-29(7)32(23-31)24-34-21-22-36(67-34)30-17-19-33(52)20-18-30/h15-23,26-28,35,37-44,49,53H,24-25H2,1-14H3/t35-,37+,38+,39-,40-,41+,42-,43+,44-,49-/m1/s1. The molecule has 68 heavy (non-hydrogen) atoms. The number of carbonyl (C=O) groups is 4. The van der Waals surface area contributed by atoms with Crippen molar-refractivity contribution in [3.63, 3.8) is 0 Å². The first-order valence-electron chi connectivity index (χ1n) is 23.4. The van der Waals surface area contributed by atoms with Gasteiger partial charge in [0.15, 0.2) is 30.7 Å². The van der Waals surface area contributed by atoms with Crippen LogP contribution in [0, 0.1) is 30.5 Å². The molecule has 0 bridgehead atoms. The van der Waals surface area contributed by atoms with Crippen molar-refractivity contribution < 1.29 is 70.7 Å². The monoisotopic (exact) mass is 984 g/mol. The number of rotatable bonds is 13. The molecule has 0 unspecified atom stereocenters. The number of hydrogen-bond acceptors (Lipinski definition) is 15. The van der Waals surface area contributed by atoms with Crippen molar-refractivity contribution in [2.24, 2.45) is 17.8 Å². The highest BCUT2D eigenvalue weighted by Gasteiger charge is 2.66. The maximum absolute atomic E-state index is 13.7. The summed E-state index contributed by atoms with van der Waals surface area (Å²) in [7, 11) is -2.19. The Kier molecular flexibility index (Phi) is 16.5. The molecule has 3 saturated heterocycles. The summed E-state index contributed by atoms with van der Waals surface area (Å²) in [5.41, 5.74) is 3.52. The van der Waals surface area contributed by atoms with Gasteiger partial charge in [-0.2, -0.15) is 0 Å². The summed E-state index contributed by atoms with van der Waals surface area (Å²) < 4.78 is 71.1. The van der Waals surface area contributed by atoms with E-state index in [0.29, 0.717) is 12.0 Å². The van der Waals surface area contributed by atoms with Crippen molar-refractivity contribution >= 4 is 43.8 Å². The van der Waals surface area contributed by atoms with Gasteiger partial charge in [-0.1, -0.05) is 113 Å². The molecule has 1 aromatic heterocycles. The minimum absolute atomic E-state index is 0.0819. The zero-order valence-electron chi connectivity index (χ0n) is 41.7. The van der Waals surface area contributed by atoms with E-state index < -0.39 is 121 Å². The van der Waals surface area contributed by atoms with Gasteiger partial charge in [0.05, 0.1) is 31.5 Å². The van der Waals surface area contributed by atoms with E-state index in [1.807, 2.05) is 78.8 Å². The molecule has 0 radical (unpaired) electrons. The number of hydrogen-bond donors (Lipinski definition) is 1. The Labute approximate surface area is 404 Å². The molecule has 1 N–H and O–H groups in total. The summed E-state index contributed by atoms with van der Waals surface area (Å²) in [4.78, 5) is 56.2. The number of thiophene rings is 1. The molecule has 2 aromatic carbocycles. The van der Waals surface area contributed by atoms with Gasteiger partial charge in [0, 0.05) is 26.3 Å². The second-order valence-electron chi connectivity index (χ2n) is 20.9. The number of methoxy groups -OCH3 is 1. The first-order chi connectivity index (χ1) is 31.8. The van der Waals surface area contributed by atoms with Gasteiger partial charge in [0.1, 0.15) is 36.3 Å². The molecule has 4 heterocycles. The Hall–Kier alpha value is -4.07. The predicted octanol–water partition coefficient (Wildman–Crippen LogP) is 8.70. The van der Waals surface area contributed by atoms with E-state index in [1.165, 1.54) is 12.1 Å². The lowest BCUT2D eigenvalue weighted by Gasteiger charge is -2.58. The van der Waals surface area contributed by atoms with Gasteiger partial charge in [0.25, 0.3) is 0 Å². The zero-order valence-corrected chi connectivity index (χ0v) is 43.5. The fourth-order valence-corrected chi connectivity index (χ4v) is 15.0. The summed E-state index contributed by atoms with van der Waals surface area (Å²) >= 11 is 1.60. The number of carbonyl (C=O) groups excluding carboxylic acids is 4. The predicted molar refractivity (Wildman–Crippen MR) is 253 cm³/mol. The van der Waals surface area contributed by atoms with Gasteiger partial charge in [-0.3, -0.25) is 14.4 Å². The van der Waals surface area contributed by atoms with Crippen molar-refractivity contribution in [1.82, 2.24) is 0 Å². The molecule has 0 amide bonds. The first kappa shape index (κ1) is 53.3. The normalized spacial score (nSPS) is 27.4. The van der Waals surface area contributed by atoms with Crippen LogP contribution in [0.25, 0.3) is 10.4 Å². The lowest BCUT2D eigenvalue weighted by Crippen LogP contribution is -2.71. The van der Waals surface area contributed by atoms with Crippen LogP contribution in [0.3, 0.4) is 0 Å². The Bertz CT molecular complexity index is 2250. The van der Waals surface area contributed by atoms with Crippen molar-refractivity contribution in [3.8, 4) is 10.4 Å². The van der Waals surface area contributed by atoms with Crippen LogP contribution in [0.2, 0.25) is 10.1 Å². The molecule has 6 rings (SSSR count). The van der Waals surface area contributed by atoms with E-state index in [-0.39, 0.29) is 12.4 Å². The maximum Gasteiger partial charge on any atom is 0.349 e. The number of benzene rings is 2. The SMILES string of the molecule is COC(=O)[C@H]1O[C@@H](O[C@@H]2[C@@H](O)[C@H](c3ccc(C)c(Cc4ccc(-c5ccc(F)cc5)s4)c3)O[C@@H]3CO[Si](C(C)(C)C)(C(C)(C)C)O[C@@H]23)[C@H](OC(=O)C(C)C)[C@H](OC(=O)C(C)C)[C@@H]1OC(=O)C(C)C. The average molecular weight is 985 g/mol. The number of aryl methyl sites for hydroxylation is 1. The highest BCUT2D eigenvalue weighted by atomic mass is 32.1. The minimum atomic E-state index is -3.32. The summed E-state index contributed by atoms with van der Waals surface area (Å²) in [5, 5.41) is 11.8. The van der Waals surface area contributed by atoms with Crippen LogP contribution in [0.1, 0.15) is 111 Å². The topological polar surface area (TPSA) is 172 Å². The Morgan fingerprint density at radius 2 is 1.35 bits per heavy atom. The quantitative estimate of drug-likeness (QED) is 0.0980. The largest absolute Gasteiger partial charge is 0.467 e. The fraction of sp³-hybridized carbons (Fsp3) is 0.608. The molecule has 3 aliphatic rings. The smallest absolute Gasteiger partial charge is 0.349 e. The fourth-order valence-electron chi connectivity index (χ4n) is 9.04. The third kappa shape index (κ3) is 11.3. The van der Waals surface area contributed by atoms with Gasteiger partial charge in [-0.25, -0.2) is 9.18 Å². The second-order valence-corrected chi connectivity index (χ2v) is 26.9. The molecule has 17 heteroatoms. The van der Waals surface area contributed by atoms with Gasteiger partial charge < -0.3 is 47.1 Å². The molecule has 10 atom stereocenters. The maximum atomic E-state index is 13.7. The van der Waals surface area contributed by atoms with E-state index in [2.05, 4.69) is 0 Å². The molecule has 3 aromatic rings.